The fraction of sp³-hybridized carbons (Fsp3) is 0.375. The molecule has 4 rings (SSSR count). The quantitative estimate of drug-likeness (QED) is 0.438. The Hall–Kier alpha value is -2.06. The molecule has 1 unspecified atom stereocenters. The average molecular weight is 485 g/mol. The van der Waals surface area contributed by atoms with Crippen LogP contribution in [0.3, 0.4) is 0 Å². The van der Waals surface area contributed by atoms with Gasteiger partial charge in [0, 0.05) is 5.56 Å². The van der Waals surface area contributed by atoms with Crippen LogP contribution in [0.2, 0.25) is 0 Å². The minimum Gasteiger partial charge on any atom is -0.404 e. The van der Waals surface area contributed by atoms with Crippen molar-refractivity contribution in [2.24, 2.45) is 0 Å². The van der Waals surface area contributed by atoms with Crippen LogP contribution in [0.4, 0.5) is 13.2 Å². The van der Waals surface area contributed by atoms with Gasteiger partial charge in [-0.15, -0.1) is 0 Å². The van der Waals surface area contributed by atoms with Gasteiger partial charge in [-0.1, -0.05) is 0 Å². The predicted molar refractivity (Wildman–Crippen MR) is 97.2 cm³/mol. The molecule has 1 aromatic heterocycles. The number of hydrogen-bond acceptors (Lipinski definition) is 9. The Bertz CT molecular complexity index is 1330. The number of hydrogen-bond donors (Lipinski definition) is 3. The van der Waals surface area contributed by atoms with Crippen LogP contribution < -0.4 is 10.1 Å². The molecule has 0 bridgehead atoms. The minimum absolute atomic E-state index is 0.0813. The zero-order chi connectivity index (χ0) is 25.3. The first kappa shape index (κ1) is 18.5. The zero-order valence-corrected chi connectivity index (χ0v) is 16.7. The van der Waals surface area contributed by atoms with Crippen LogP contribution >= 0.6 is 20.0 Å². The molecule has 5 atom stereocenters. The normalized spacial score (nSPS) is 36.7. The number of phosphoric ester groups is 1. The number of nitrogens with one attached hydrogen (secondary N) is 1. The zero-order valence-electron chi connectivity index (χ0n) is 18.0. The second-order valence-corrected chi connectivity index (χ2v) is 8.24. The fourth-order valence-corrected chi connectivity index (χ4v) is 4.03. The van der Waals surface area contributed by atoms with Crippen molar-refractivity contribution >= 4 is 20.0 Å². The van der Waals surface area contributed by atoms with Gasteiger partial charge in [-0.3, -0.25) is 23.4 Å². The van der Waals surface area contributed by atoms with E-state index in [1.54, 1.807) is 4.98 Å². The molecule has 1 saturated heterocycles. The topological polar surface area (TPSA) is 132 Å². The minimum atomic E-state index is -4.97. The second-order valence-electron chi connectivity index (χ2n) is 6.34. The highest BCUT2D eigenvalue weighted by atomic mass is 32.1. The summed E-state index contributed by atoms with van der Waals surface area (Å²) in [6, 6.07) is 2.95. The number of aromatic amines is 1. The van der Waals surface area contributed by atoms with Gasteiger partial charge in [0.05, 0.1) is 16.9 Å². The summed E-state index contributed by atoms with van der Waals surface area (Å²) in [5.41, 5.74) is -1.23. The van der Waals surface area contributed by atoms with Gasteiger partial charge in [0.25, 0.3) is 11.4 Å². The summed E-state index contributed by atoms with van der Waals surface area (Å²) in [6.45, 7) is -4.52. The molecule has 0 radical (unpaired) electrons. The summed E-state index contributed by atoms with van der Waals surface area (Å²) in [5.74, 6) is -6.56. The summed E-state index contributed by atoms with van der Waals surface area (Å²) in [7, 11) is -4.97. The maximum absolute atomic E-state index is 15.8. The lowest BCUT2D eigenvalue weighted by Crippen LogP contribution is -2.43. The van der Waals surface area contributed by atoms with E-state index in [0.717, 1.165) is 18.2 Å². The van der Waals surface area contributed by atoms with E-state index in [1.807, 2.05) is 0 Å². The van der Waals surface area contributed by atoms with E-state index in [1.165, 1.54) is 0 Å². The Morgan fingerprint density at radius 2 is 2.23 bits per heavy atom. The van der Waals surface area contributed by atoms with Gasteiger partial charge in [0.15, 0.2) is 11.0 Å². The third-order valence-electron chi connectivity index (χ3n) is 4.23. The van der Waals surface area contributed by atoms with Gasteiger partial charge < -0.3 is 19.5 Å². The number of rotatable bonds is 4. The Kier molecular flexibility index (Phi) is 4.66. The number of fused-ring (bicyclic) bond motifs is 1. The van der Waals surface area contributed by atoms with E-state index >= 15 is 4.39 Å². The number of ether oxygens (including phenoxy) is 1. The SMILES string of the molecule is [2H]C([2H])(OP1(=O)OCc2cc(F)ccc2O1)[C@@]1(F)O[C@@]([2H])(n2cc(F)c(=O)[nH]c2=S)[C@H](O)[C@@H]1O. The monoisotopic (exact) mass is 485 g/mol. The van der Waals surface area contributed by atoms with E-state index in [4.69, 9.17) is 25.4 Å². The molecule has 168 valence electrons. The number of aliphatic hydroxyl groups is 2. The van der Waals surface area contributed by atoms with E-state index in [-0.39, 0.29) is 22.1 Å². The van der Waals surface area contributed by atoms with Gasteiger partial charge in [0.2, 0.25) is 5.82 Å². The number of phosphoric acid groups is 1. The number of H-pyrrole nitrogens is 1. The first-order valence-corrected chi connectivity index (χ1v) is 10.2. The third-order valence-corrected chi connectivity index (χ3v) is 5.71. The lowest BCUT2D eigenvalue weighted by atomic mass is 10.1. The molecule has 0 amide bonds. The molecule has 3 N–H and O–H groups in total. The van der Waals surface area contributed by atoms with Crippen molar-refractivity contribution in [3.63, 3.8) is 0 Å². The second kappa shape index (κ2) is 7.81. The molecule has 1 aromatic carbocycles. The van der Waals surface area contributed by atoms with Crippen molar-refractivity contribution in [1.82, 2.24) is 9.55 Å². The largest absolute Gasteiger partial charge is 0.530 e. The Labute approximate surface area is 180 Å². The Morgan fingerprint density at radius 3 is 2.97 bits per heavy atom. The lowest BCUT2D eigenvalue weighted by molar-refractivity contribution is -0.205. The van der Waals surface area contributed by atoms with Gasteiger partial charge in [0.1, 0.15) is 30.3 Å². The van der Waals surface area contributed by atoms with E-state index in [0.29, 0.717) is 0 Å². The molecule has 3 heterocycles. The van der Waals surface area contributed by atoms with Gasteiger partial charge >= 0.3 is 7.82 Å². The molecular formula is C16H14F3N2O8PS. The molecule has 0 spiro atoms. The van der Waals surface area contributed by atoms with Crippen molar-refractivity contribution in [3.05, 3.63) is 56.7 Å². The predicted octanol–water partition coefficient (Wildman–Crippen LogP) is 1.83. The molecule has 0 aliphatic carbocycles. The highest BCUT2D eigenvalue weighted by molar-refractivity contribution is 7.71. The van der Waals surface area contributed by atoms with Crippen LogP contribution in [-0.4, -0.2) is 44.4 Å². The Morgan fingerprint density at radius 1 is 1.48 bits per heavy atom. The van der Waals surface area contributed by atoms with E-state index < -0.39 is 67.2 Å². The lowest BCUT2D eigenvalue weighted by Gasteiger charge is -2.28. The molecule has 15 heteroatoms. The molecule has 10 nitrogen and oxygen atoms in total. The van der Waals surface area contributed by atoms with Gasteiger partial charge in [-0.2, -0.15) is 4.39 Å². The summed E-state index contributed by atoms with van der Waals surface area (Å²) in [6.07, 6.45) is -8.47. The third kappa shape index (κ3) is 4.07. The van der Waals surface area contributed by atoms with Crippen LogP contribution in [-0.2, 0) is 25.0 Å². The molecule has 2 aliphatic rings. The number of aliphatic hydroxyl groups excluding tert-OH is 2. The summed E-state index contributed by atoms with van der Waals surface area (Å²) >= 11 is 4.75. The van der Waals surface area contributed by atoms with Crippen LogP contribution in [0.1, 0.15) is 15.9 Å². The number of halogens is 3. The van der Waals surface area contributed by atoms with Crippen molar-refractivity contribution in [3.8, 4) is 5.75 Å². The Balaban J connectivity index is 1.67. The molecule has 1 fully saturated rings. The van der Waals surface area contributed by atoms with Crippen LogP contribution in [0.5, 0.6) is 5.75 Å². The van der Waals surface area contributed by atoms with Crippen LogP contribution in [0, 0.1) is 16.4 Å². The number of nitrogens with zero attached hydrogens (tertiary/aromatic N) is 1. The number of benzene rings is 1. The number of aromatic nitrogens is 2. The van der Waals surface area contributed by atoms with Crippen molar-refractivity contribution in [1.29, 1.82) is 0 Å². The highest BCUT2D eigenvalue weighted by Gasteiger charge is 2.57. The summed E-state index contributed by atoms with van der Waals surface area (Å²) < 4.78 is 98.2. The van der Waals surface area contributed by atoms with Gasteiger partial charge in [-0.05, 0) is 30.4 Å². The van der Waals surface area contributed by atoms with Crippen molar-refractivity contribution < 1.29 is 50.4 Å². The number of alkyl halides is 1. The average Bonchev–Trinajstić information content (AvgIpc) is 2.92. The smallest absolute Gasteiger partial charge is 0.404 e. The maximum Gasteiger partial charge on any atom is 0.530 e. The fourth-order valence-electron chi connectivity index (χ4n) is 2.70. The maximum atomic E-state index is 15.8. The van der Waals surface area contributed by atoms with Gasteiger partial charge in [-0.25, -0.2) is 13.3 Å². The van der Waals surface area contributed by atoms with Crippen LogP contribution in [0.25, 0.3) is 0 Å². The molecule has 2 aromatic rings. The first-order valence-electron chi connectivity index (χ1n) is 9.82. The van der Waals surface area contributed by atoms with Crippen LogP contribution in [0.15, 0.2) is 29.2 Å². The molecule has 0 saturated carbocycles. The highest BCUT2D eigenvalue weighted by Crippen LogP contribution is 2.55. The van der Waals surface area contributed by atoms with E-state index in [2.05, 4.69) is 9.26 Å². The summed E-state index contributed by atoms with van der Waals surface area (Å²) in [5, 5.41) is 20.6. The van der Waals surface area contributed by atoms with E-state index in [9.17, 15) is 28.4 Å². The first-order chi connectivity index (χ1) is 15.6. The summed E-state index contributed by atoms with van der Waals surface area (Å²) in [4.78, 5) is 13.1. The molecule has 2 aliphatic heterocycles. The standard InChI is InChI=1S/C16H14F3N2O8PS/c17-8-1-2-10-7(3-8)5-26-30(25,29-10)27-6-16(19)12(23)11(22)14(28-16)21-4-9(18)13(24)20-15(21)31/h1-4,11-12,14,22-23H,5-6H2,(H,20,24,31)/t11-,12+,14-,16-,30?/m1/s1/i6D2,14D. The van der Waals surface area contributed by atoms with Crippen molar-refractivity contribution in [2.75, 3.05) is 6.56 Å². The molecule has 31 heavy (non-hydrogen) atoms. The van der Waals surface area contributed by atoms with Crippen molar-refractivity contribution in [2.45, 2.75) is 30.9 Å². The molecular weight excluding hydrogens is 468 g/mol.